The molecule has 1 aromatic rings. The Balaban J connectivity index is 2.38. The maximum Gasteiger partial charge on any atom is 0.220 e. The van der Waals surface area contributed by atoms with Gasteiger partial charge in [0.15, 0.2) is 0 Å². The van der Waals surface area contributed by atoms with Crippen LogP contribution in [-0.2, 0) is 11.2 Å². The summed E-state index contributed by atoms with van der Waals surface area (Å²) in [6.45, 7) is 6.01. The first kappa shape index (κ1) is 17.0. The quantitative estimate of drug-likeness (QED) is 0.811. The van der Waals surface area contributed by atoms with Crippen molar-refractivity contribution < 1.29 is 9.90 Å². The van der Waals surface area contributed by atoms with Crippen molar-refractivity contribution in [2.24, 2.45) is 0 Å². The first-order valence-corrected chi connectivity index (χ1v) is 7.46. The standard InChI is InChI=1S/C16H24ClNO2/c1-4-9-16(3,20)11-18-15(19)8-7-13-6-5-12(2)14(17)10-13/h5-6,10,20H,4,7-9,11H2,1-3H3,(H,18,19). The highest BCUT2D eigenvalue weighted by molar-refractivity contribution is 6.31. The number of nitrogens with one attached hydrogen (secondary N) is 1. The second-order valence-electron chi connectivity index (χ2n) is 5.61. The fraction of sp³-hybridized carbons (Fsp3) is 0.562. The summed E-state index contributed by atoms with van der Waals surface area (Å²) in [5, 5.41) is 13.5. The number of benzene rings is 1. The minimum Gasteiger partial charge on any atom is -0.388 e. The Morgan fingerprint density at radius 3 is 2.75 bits per heavy atom. The second kappa shape index (κ2) is 7.65. The minimum atomic E-state index is -0.822. The first-order chi connectivity index (χ1) is 9.34. The van der Waals surface area contributed by atoms with Gasteiger partial charge in [-0.25, -0.2) is 0 Å². The molecule has 0 fully saturated rings. The fourth-order valence-electron chi connectivity index (χ4n) is 2.05. The molecule has 1 atom stereocenters. The van der Waals surface area contributed by atoms with Crippen LogP contribution >= 0.6 is 11.6 Å². The van der Waals surface area contributed by atoms with Gasteiger partial charge in [0.25, 0.3) is 0 Å². The molecule has 0 aliphatic heterocycles. The Bertz CT molecular complexity index is 458. The SMILES string of the molecule is CCCC(C)(O)CNC(=O)CCc1ccc(C)c(Cl)c1. The lowest BCUT2D eigenvalue weighted by atomic mass is 10.0. The predicted octanol–water partition coefficient (Wildman–Crippen LogP) is 3.25. The smallest absolute Gasteiger partial charge is 0.220 e. The van der Waals surface area contributed by atoms with E-state index in [0.717, 1.165) is 22.6 Å². The summed E-state index contributed by atoms with van der Waals surface area (Å²) in [5.74, 6) is -0.0434. The summed E-state index contributed by atoms with van der Waals surface area (Å²) in [6.07, 6.45) is 2.63. The molecule has 0 saturated carbocycles. The number of hydrogen-bond donors (Lipinski definition) is 2. The van der Waals surface area contributed by atoms with Crippen molar-refractivity contribution in [1.29, 1.82) is 0 Å². The molecule has 4 heteroatoms. The van der Waals surface area contributed by atoms with E-state index < -0.39 is 5.60 Å². The van der Waals surface area contributed by atoms with E-state index in [4.69, 9.17) is 11.6 Å². The van der Waals surface area contributed by atoms with E-state index in [-0.39, 0.29) is 5.91 Å². The summed E-state index contributed by atoms with van der Waals surface area (Å²) < 4.78 is 0. The zero-order chi connectivity index (χ0) is 15.2. The molecule has 1 rings (SSSR count). The molecular weight excluding hydrogens is 274 g/mol. The molecule has 3 nitrogen and oxygen atoms in total. The number of rotatable bonds is 7. The van der Waals surface area contributed by atoms with Crippen LogP contribution in [0.25, 0.3) is 0 Å². The number of amides is 1. The molecule has 2 N–H and O–H groups in total. The molecule has 0 aromatic heterocycles. The highest BCUT2D eigenvalue weighted by atomic mass is 35.5. The predicted molar refractivity (Wildman–Crippen MR) is 83.1 cm³/mol. The third-order valence-corrected chi connectivity index (χ3v) is 3.74. The largest absolute Gasteiger partial charge is 0.388 e. The summed E-state index contributed by atoms with van der Waals surface area (Å²) in [6, 6.07) is 5.85. The average molecular weight is 298 g/mol. The van der Waals surface area contributed by atoms with Crippen LogP contribution in [0.15, 0.2) is 18.2 Å². The van der Waals surface area contributed by atoms with Gasteiger partial charge in [0, 0.05) is 18.0 Å². The van der Waals surface area contributed by atoms with Gasteiger partial charge in [-0.2, -0.15) is 0 Å². The molecule has 0 heterocycles. The van der Waals surface area contributed by atoms with Crippen LogP contribution in [0, 0.1) is 6.92 Å². The van der Waals surface area contributed by atoms with Crippen LogP contribution in [0.4, 0.5) is 0 Å². The van der Waals surface area contributed by atoms with Crippen molar-refractivity contribution in [3.63, 3.8) is 0 Å². The van der Waals surface area contributed by atoms with Crippen LogP contribution in [0.5, 0.6) is 0 Å². The van der Waals surface area contributed by atoms with Crippen molar-refractivity contribution in [3.8, 4) is 0 Å². The summed E-state index contributed by atoms with van der Waals surface area (Å²) in [7, 11) is 0. The van der Waals surface area contributed by atoms with Gasteiger partial charge in [-0.3, -0.25) is 4.79 Å². The zero-order valence-electron chi connectivity index (χ0n) is 12.5. The molecule has 112 valence electrons. The fourth-order valence-corrected chi connectivity index (χ4v) is 2.26. The highest BCUT2D eigenvalue weighted by Gasteiger charge is 2.19. The molecule has 20 heavy (non-hydrogen) atoms. The molecule has 0 aliphatic rings. The summed E-state index contributed by atoms with van der Waals surface area (Å²) >= 11 is 6.05. The Hall–Kier alpha value is -1.06. The minimum absolute atomic E-state index is 0.0434. The number of carbonyl (C=O) groups is 1. The zero-order valence-corrected chi connectivity index (χ0v) is 13.3. The molecule has 0 aliphatic carbocycles. The molecule has 1 aromatic carbocycles. The van der Waals surface area contributed by atoms with Crippen molar-refractivity contribution in [2.45, 2.75) is 52.1 Å². The average Bonchev–Trinajstić information content (AvgIpc) is 2.38. The van der Waals surface area contributed by atoms with Gasteiger partial charge in [-0.15, -0.1) is 0 Å². The second-order valence-corrected chi connectivity index (χ2v) is 6.01. The van der Waals surface area contributed by atoms with Crippen LogP contribution in [0.1, 0.15) is 44.2 Å². The molecule has 0 bridgehead atoms. The van der Waals surface area contributed by atoms with Gasteiger partial charge < -0.3 is 10.4 Å². The molecule has 0 saturated heterocycles. The number of aliphatic hydroxyl groups is 1. The molecule has 1 unspecified atom stereocenters. The number of hydrogen-bond acceptors (Lipinski definition) is 2. The number of carbonyl (C=O) groups excluding carboxylic acids is 1. The van der Waals surface area contributed by atoms with Gasteiger partial charge >= 0.3 is 0 Å². The molecule has 0 spiro atoms. The maximum atomic E-state index is 11.8. The number of aryl methyl sites for hydroxylation is 2. The molecule has 0 radical (unpaired) electrons. The highest BCUT2D eigenvalue weighted by Crippen LogP contribution is 2.17. The molecular formula is C16H24ClNO2. The lowest BCUT2D eigenvalue weighted by Crippen LogP contribution is -2.40. The van der Waals surface area contributed by atoms with E-state index >= 15 is 0 Å². The maximum absolute atomic E-state index is 11.8. The van der Waals surface area contributed by atoms with Crippen molar-refractivity contribution in [1.82, 2.24) is 5.32 Å². The van der Waals surface area contributed by atoms with E-state index in [9.17, 15) is 9.90 Å². The van der Waals surface area contributed by atoms with Crippen molar-refractivity contribution in [2.75, 3.05) is 6.54 Å². The summed E-state index contributed by atoms with van der Waals surface area (Å²) in [5.41, 5.74) is 1.27. The Morgan fingerprint density at radius 2 is 2.15 bits per heavy atom. The van der Waals surface area contributed by atoms with E-state index in [2.05, 4.69) is 5.32 Å². The van der Waals surface area contributed by atoms with Gasteiger partial charge in [0.05, 0.1) is 5.60 Å². The third-order valence-electron chi connectivity index (χ3n) is 3.33. The summed E-state index contributed by atoms with van der Waals surface area (Å²) in [4.78, 5) is 11.8. The van der Waals surface area contributed by atoms with Crippen molar-refractivity contribution in [3.05, 3.63) is 34.3 Å². The van der Waals surface area contributed by atoms with E-state index in [0.29, 0.717) is 25.8 Å². The van der Waals surface area contributed by atoms with Crippen LogP contribution in [0.3, 0.4) is 0 Å². The van der Waals surface area contributed by atoms with Crippen molar-refractivity contribution >= 4 is 17.5 Å². The Kier molecular flexibility index (Phi) is 6.50. The lowest BCUT2D eigenvalue weighted by molar-refractivity contribution is -0.122. The van der Waals surface area contributed by atoms with Crippen LogP contribution in [0.2, 0.25) is 5.02 Å². The lowest BCUT2D eigenvalue weighted by Gasteiger charge is -2.22. The van der Waals surface area contributed by atoms with E-state index in [1.807, 2.05) is 32.0 Å². The number of halogens is 1. The van der Waals surface area contributed by atoms with Gasteiger partial charge in [-0.1, -0.05) is 37.1 Å². The third kappa shape index (κ3) is 5.93. The van der Waals surface area contributed by atoms with E-state index in [1.54, 1.807) is 6.92 Å². The van der Waals surface area contributed by atoms with Gasteiger partial charge in [0.2, 0.25) is 5.91 Å². The van der Waals surface area contributed by atoms with Crippen LogP contribution in [-0.4, -0.2) is 23.2 Å². The first-order valence-electron chi connectivity index (χ1n) is 7.08. The Labute approximate surface area is 126 Å². The van der Waals surface area contributed by atoms with Gasteiger partial charge in [0.1, 0.15) is 0 Å². The normalized spacial score (nSPS) is 13.8. The monoisotopic (exact) mass is 297 g/mol. The topological polar surface area (TPSA) is 49.3 Å². The Morgan fingerprint density at radius 1 is 1.45 bits per heavy atom. The van der Waals surface area contributed by atoms with Gasteiger partial charge in [-0.05, 0) is 43.9 Å². The molecule has 1 amide bonds. The van der Waals surface area contributed by atoms with E-state index in [1.165, 1.54) is 0 Å². The van der Waals surface area contributed by atoms with Crippen LogP contribution < -0.4 is 5.32 Å².